The zero-order valence-corrected chi connectivity index (χ0v) is 16.5. The Balaban J connectivity index is 1.50. The minimum Gasteiger partial charge on any atom is -0.371 e. The van der Waals surface area contributed by atoms with E-state index in [-0.39, 0.29) is 0 Å². The Hall–Kier alpha value is -1.53. The fraction of sp³-hybridized carbons (Fsp3) is 0.600. The summed E-state index contributed by atoms with van der Waals surface area (Å²) >= 11 is 0. The number of sulfone groups is 1. The number of piperidine rings is 1. The summed E-state index contributed by atoms with van der Waals surface area (Å²) in [6.07, 6.45) is 5.92. The predicted molar refractivity (Wildman–Crippen MR) is 105 cm³/mol. The van der Waals surface area contributed by atoms with Crippen LogP contribution in [0.5, 0.6) is 0 Å². The van der Waals surface area contributed by atoms with E-state index < -0.39 is 15.1 Å². The molecule has 0 amide bonds. The van der Waals surface area contributed by atoms with Crippen LogP contribution in [0.15, 0.2) is 41.1 Å². The summed E-state index contributed by atoms with van der Waals surface area (Å²) < 4.78 is 25.0. The molecule has 4 rings (SSSR count). The Morgan fingerprint density at radius 3 is 2.65 bits per heavy atom. The van der Waals surface area contributed by atoms with Crippen molar-refractivity contribution in [3.8, 4) is 0 Å². The largest absolute Gasteiger partial charge is 0.371 e. The molecule has 26 heavy (non-hydrogen) atoms. The van der Waals surface area contributed by atoms with Gasteiger partial charge in [-0.3, -0.25) is 0 Å². The fourth-order valence-electron chi connectivity index (χ4n) is 4.32. The fourth-order valence-corrected chi connectivity index (χ4v) is 5.42. The van der Waals surface area contributed by atoms with Gasteiger partial charge >= 0.3 is 0 Å². The van der Waals surface area contributed by atoms with Crippen LogP contribution in [0.4, 0.5) is 5.69 Å². The minimum atomic E-state index is -3.23. The van der Waals surface area contributed by atoms with Crippen LogP contribution in [0.2, 0.25) is 0 Å². The second kappa shape index (κ2) is 6.89. The molecule has 0 spiro atoms. The predicted octanol–water partition coefficient (Wildman–Crippen LogP) is 2.60. The number of hydrogen-bond donors (Lipinski definition) is 1. The first-order valence-electron chi connectivity index (χ1n) is 9.74. The topological polar surface area (TPSA) is 52.7 Å². The molecule has 0 aliphatic carbocycles. The first-order chi connectivity index (χ1) is 12.4. The van der Waals surface area contributed by atoms with Crippen LogP contribution < -0.4 is 10.2 Å². The number of fused-ring (bicyclic) bond motifs is 2. The summed E-state index contributed by atoms with van der Waals surface area (Å²) in [6, 6.07) is 7.98. The van der Waals surface area contributed by atoms with E-state index in [1.165, 1.54) is 18.5 Å². The minimum absolute atomic E-state index is 0.396. The highest BCUT2D eigenvalue weighted by atomic mass is 32.2. The molecule has 2 saturated heterocycles. The van der Waals surface area contributed by atoms with Crippen molar-refractivity contribution in [2.45, 2.75) is 49.3 Å². The Morgan fingerprint density at radius 1 is 1.23 bits per heavy atom. The molecule has 0 aromatic heterocycles. The van der Waals surface area contributed by atoms with E-state index in [1.54, 1.807) is 19.9 Å². The Bertz CT molecular complexity index is 797. The molecule has 3 aliphatic rings. The molecule has 1 unspecified atom stereocenters. The van der Waals surface area contributed by atoms with Gasteiger partial charge in [0.15, 0.2) is 9.84 Å². The van der Waals surface area contributed by atoms with Gasteiger partial charge in [0, 0.05) is 37.1 Å². The number of rotatable bonds is 5. The molecular weight excluding hydrogens is 346 g/mol. The molecule has 1 N–H and O–H groups in total. The zero-order valence-electron chi connectivity index (χ0n) is 15.7. The van der Waals surface area contributed by atoms with Gasteiger partial charge in [0.2, 0.25) is 0 Å². The molecule has 1 atom stereocenters. The Morgan fingerprint density at radius 2 is 2.00 bits per heavy atom. The summed E-state index contributed by atoms with van der Waals surface area (Å²) in [5, 5.41) is 3.04. The molecule has 6 heteroatoms. The van der Waals surface area contributed by atoms with Crippen LogP contribution in [0.25, 0.3) is 0 Å². The first-order valence-corrected chi connectivity index (χ1v) is 11.3. The molecule has 2 bridgehead atoms. The van der Waals surface area contributed by atoms with Crippen LogP contribution in [0.3, 0.4) is 0 Å². The summed E-state index contributed by atoms with van der Waals surface area (Å²) in [5.41, 5.74) is 2.32. The van der Waals surface area contributed by atoms with Gasteiger partial charge in [-0.25, -0.2) is 8.42 Å². The lowest BCUT2D eigenvalue weighted by molar-refractivity contribution is 0.229. The molecule has 0 radical (unpaired) electrons. The highest BCUT2D eigenvalue weighted by Crippen LogP contribution is 2.38. The van der Waals surface area contributed by atoms with E-state index in [2.05, 4.69) is 21.3 Å². The average molecular weight is 376 g/mol. The van der Waals surface area contributed by atoms with Crippen LogP contribution in [-0.2, 0) is 9.84 Å². The Labute approximate surface area is 157 Å². The van der Waals surface area contributed by atoms with E-state index in [1.807, 2.05) is 18.2 Å². The van der Waals surface area contributed by atoms with E-state index >= 15 is 0 Å². The maximum absolute atomic E-state index is 12.5. The first kappa shape index (κ1) is 17.9. The smallest absolute Gasteiger partial charge is 0.180 e. The summed E-state index contributed by atoms with van der Waals surface area (Å²) in [7, 11) is -3.23. The van der Waals surface area contributed by atoms with Crippen molar-refractivity contribution in [2.75, 3.05) is 31.1 Å². The van der Waals surface area contributed by atoms with E-state index in [9.17, 15) is 8.42 Å². The Kier molecular flexibility index (Phi) is 4.73. The van der Waals surface area contributed by atoms with Crippen molar-refractivity contribution in [3.05, 3.63) is 36.2 Å². The second-order valence-corrected chi connectivity index (χ2v) is 10.6. The van der Waals surface area contributed by atoms with Crippen molar-refractivity contribution < 1.29 is 8.42 Å². The van der Waals surface area contributed by atoms with Crippen LogP contribution >= 0.6 is 0 Å². The van der Waals surface area contributed by atoms with Crippen LogP contribution in [-0.4, -0.2) is 50.8 Å². The third kappa shape index (κ3) is 3.25. The zero-order chi connectivity index (χ0) is 18.3. The lowest BCUT2D eigenvalue weighted by Gasteiger charge is -2.35. The number of benzene rings is 1. The van der Waals surface area contributed by atoms with E-state index in [4.69, 9.17) is 0 Å². The lowest BCUT2D eigenvalue weighted by atomic mass is 9.97. The van der Waals surface area contributed by atoms with Crippen molar-refractivity contribution >= 4 is 15.5 Å². The lowest BCUT2D eigenvalue weighted by Crippen LogP contribution is -2.41. The number of nitrogens with zero attached hydrogens (tertiary/aromatic N) is 2. The van der Waals surface area contributed by atoms with Crippen molar-refractivity contribution in [1.82, 2.24) is 10.2 Å². The van der Waals surface area contributed by atoms with Gasteiger partial charge in [0.05, 0.1) is 16.2 Å². The molecule has 0 saturated carbocycles. The van der Waals surface area contributed by atoms with Gasteiger partial charge in [-0.2, -0.15) is 0 Å². The van der Waals surface area contributed by atoms with Crippen molar-refractivity contribution in [2.24, 2.45) is 5.92 Å². The van der Waals surface area contributed by atoms with Gasteiger partial charge in [-0.1, -0.05) is 6.07 Å². The molecule has 142 valence electrons. The third-order valence-electron chi connectivity index (χ3n) is 5.97. The van der Waals surface area contributed by atoms with Crippen molar-refractivity contribution in [1.29, 1.82) is 0 Å². The summed E-state index contributed by atoms with van der Waals surface area (Å²) in [6.45, 7) is 7.88. The maximum Gasteiger partial charge on any atom is 0.180 e. The van der Waals surface area contributed by atoms with E-state index in [0.29, 0.717) is 10.9 Å². The van der Waals surface area contributed by atoms with Gasteiger partial charge in [-0.15, -0.1) is 0 Å². The van der Waals surface area contributed by atoms with Gasteiger partial charge in [-0.05, 0) is 63.9 Å². The highest BCUT2D eigenvalue weighted by molar-refractivity contribution is 7.92. The average Bonchev–Trinajstić information content (AvgIpc) is 3.23. The summed E-state index contributed by atoms with van der Waals surface area (Å²) in [4.78, 5) is 5.25. The molecular formula is C20H29N3O2S. The van der Waals surface area contributed by atoms with Crippen molar-refractivity contribution in [3.63, 3.8) is 0 Å². The quantitative estimate of drug-likeness (QED) is 0.857. The monoisotopic (exact) mass is 375 g/mol. The maximum atomic E-state index is 12.5. The van der Waals surface area contributed by atoms with Gasteiger partial charge < -0.3 is 15.1 Å². The second-order valence-electron chi connectivity index (χ2n) is 8.07. The highest BCUT2D eigenvalue weighted by Gasteiger charge is 2.37. The number of hydrogen-bond acceptors (Lipinski definition) is 5. The standard InChI is InChI=1S/C20H29N3O2S/c1-15(2)26(24,25)20-5-3-4-17(11-20)23-14-18-10-19(23)13-22(18)12-16-6-8-21-9-7-16/h3-5,11,13,15-16,18,21H,6-10,12,14H2,1-2H3. The van der Waals surface area contributed by atoms with Gasteiger partial charge in [0.25, 0.3) is 0 Å². The normalized spacial score (nSPS) is 23.8. The van der Waals surface area contributed by atoms with Crippen LogP contribution in [0, 0.1) is 5.92 Å². The molecule has 5 nitrogen and oxygen atoms in total. The molecule has 1 aromatic rings. The third-order valence-corrected chi connectivity index (χ3v) is 8.13. The number of nitrogens with one attached hydrogen (secondary N) is 1. The van der Waals surface area contributed by atoms with Crippen LogP contribution in [0.1, 0.15) is 33.1 Å². The molecule has 3 heterocycles. The number of anilines is 1. The summed E-state index contributed by atoms with van der Waals surface area (Å²) in [5.74, 6) is 0.792. The van der Waals surface area contributed by atoms with E-state index in [0.717, 1.165) is 44.2 Å². The van der Waals surface area contributed by atoms with Gasteiger partial charge in [0.1, 0.15) is 0 Å². The molecule has 1 aromatic carbocycles. The molecule has 2 fully saturated rings. The molecule has 3 aliphatic heterocycles. The SMILES string of the molecule is CC(C)S(=O)(=O)c1cccc(N2CC3CC2=CN3CC2CCNCC2)c1.